The van der Waals surface area contributed by atoms with Crippen LogP contribution in [0.15, 0.2) is 11.6 Å². The van der Waals surface area contributed by atoms with Crippen LogP contribution in [-0.2, 0) is 0 Å². The van der Waals surface area contributed by atoms with Gasteiger partial charge >= 0.3 is 0 Å². The van der Waals surface area contributed by atoms with E-state index in [4.69, 9.17) is 5.73 Å². The van der Waals surface area contributed by atoms with Crippen LogP contribution in [0.2, 0.25) is 0 Å². The van der Waals surface area contributed by atoms with Gasteiger partial charge in [0.2, 0.25) is 0 Å². The first-order valence-electron chi connectivity index (χ1n) is 3.97. The average Bonchev–Trinajstić information content (AvgIpc) is 1.81. The van der Waals surface area contributed by atoms with Crippen molar-refractivity contribution >= 4 is 0 Å². The quantitative estimate of drug-likeness (QED) is 0.511. The van der Waals surface area contributed by atoms with Gasteiger partial charge in [-0.25, -0.2) is 0 Å². The lowest BCUT2D eigenvalue weighted by Crippen LogP contribution is -2.28. The molecule has 0 aromatic heterocycles. The van der Waals surface area contributed by atoms with Crippen LogP contribution in [0.3, 0.4) is 0 Å². The van der Waals surface area contributed by atoms with Crippen molar-refractivity contribution in [3.8, 4) is 0 Å². The molecule has 1 heteroatoms. The number of hydrogen-bond acceptors (Lipinski definition) is 1. The fourth-order valence-corrected chi connectivity index (χ4v) is 1.35. The molecule has 0 aromatic carbocycles. The number of nitrogens with two attached hydrogens (primary N) is 1. The highest BCUT2D eigenvalue weighted by Gasteiger charge is 2.24. The fraction of sp³-hybridized carbons (Fsp3) is 0.778. The van der Waals surface area contributed by atoms with E-state index >= 15 is 0 Å². The van der Waals surface area contributed by atoms with E-state index in [0.717, 1.165) is 6.42 Å². The summed E-state index contributed by atoms with van der Waals surface area (Å²) in [5.41, 5.74) is 7.62. The molecule has 0 radical (unpaired) electrons. The van der Waals surface area contributed by atoms with Crippen LogP contribution in [-0.4, -0.2) is 6.04 Å². The van der Waals surface area contributed by atoms with E-state index in [1.165, 1.54) is 12.0 Å². The summed E-state index contributed by atoms with van der Waals surface area (Å²) in [4.78, 5) is 0. The van der Waals surface area contributed by atoms with Gasteiger partial charge in [0.1, 0.15) is 0 Å². The lowest BCUT2D eigenvalue weighted by Gasteiger charge is -2.32. The lowest BCUT2D eigenvalue weighted by atomic mass is 9.75. The molecule has 1 aliphatic rings. The Morgan fingerprint density at radius 1 is 1.60 bits per heavy atom. The summed E-state index contributed by atoms with van der Waals surface area (Å²) < 4.78 is 0. The van der Waals surface area contributed by atoms with Crippen LogP contribution in [0.4, 0.5) is 0 Å². The van der Waals surface area contributed by atoms with Crippen LogP contribution < -0.4 is 5.73 Å². The van der Waals surface area contributed by atoms with Crippen molar-refractivity contribution in [1.82, 2.24) is 0 Å². The minimum Gasteiger partial charge on any atom is -0.324 e. The number of hydrogen-bond donors (Lipinski definition) is 1. The maximum Gasteiger partial charge on any atom is 0.0226 e. The summed E-state index contributed by atoms with van der Waals surface area (Å²) in [7, 11) is 0. The molecular weight excluding hydrogens is 122 g/mol. The Balaban J connectivity index is 2.78. The molecule has 1 nitrogen and oxygen atoms in total. The van der Waals surface area contributed by atoms with Gasteiger partial charge in [0.05, 0.1) is 0 Å². The smallest absolute Gasteiger partial charge is 0.0226 e. The van der Waals surface area contributed by atoms with Crippen LogP contribution >= 0.6 is 0 Å². The zero-order chi connectivity index (χ0) is 7.78. The second-order valence-corrected chi connectivity index (χ2v) is 3.94. The van der Waals surface area contributed by atoms with E-state index in [-0.39, 0.29) is 0 Å². The first kappa shape index (κ1) is 7.80. The summed E-state index contributed by atoms with van der Waals surface area (Å²) >= 11 is 0. The van der Waals surface area contributed by atoms with Crippen molar-refractivity contribution in [3.63, 3.8) is 0 Å². The molecule has 0 aliphatic heterocycles. The van der Waals surface area contributed by atoms with Crippen LogP contribution in [0.5, 0.6) is 0 Å². The summed E-state index contributed by atoms with van der Waals surface area (Å²) in [5, 5.41) is 0. The third-order valence-electron chi connectivity index (χ3n) is 2.63. The predicted molar refractivity (Wildman–Crippen MR) is 44.7 cm³/mol. The van der Waals surface area contributed by atoms with Gasteiger partial charge in [-0.05, 0) is 25.2 Å². The third-order valence-corrected chi connectivity index (χ3v) is 2.63. The van der Waals surface area contributed by atoms with Gasteiger partial charge < -0.3 is 5.73 Å². The zero-order valence-corrected chi connectivity index (χ0v) is 7.15. The third kappa shape index (κ3) is 1.40. The molecule has 0 fully saturated rings. The SMILES string of the molecule is CC1=CC(N)CCC1(C)C. The van der Waals surface area contributed by atoms with E-state index in [1.54, 1.807) is 0 Å². The number of rotatable bonds is 0. The average molecular weight is 139 g/mol. The van der Waals surface area contributed by atoms with E-state index in [9.17, 15) is 0 Å². The van der Waals surface area contributed by atoms with E-state index in [2.05, 4.69) is 26.8 Å². The molecule has 1 rings (SSSR count). The van der Waals surface area contributed by atoms with Gasteiger partial charge in [-0.15, -0.1) is 0 Å². The first-order chi connectivity index (χ1) is 4.52. The zero-order valence-electron chi connectivity index (χ0n) is 7.15. The Morgan fingerprint density at radius 3 is 2.60 bits per heavy atom. The van der Waals surface area contributed by atoms with Gasteiger partial charge in [0.15, 0.2) is 0 Å². The molecule has 1 unspecified atom stereocenters. The monoisotopic (exact) mass is 139 g/mol. The Morgan fingerprint density at radius 2 is 2.20 bits per heavy atom. The maximum absolute atomic E-state index is 5.77. The number of allylic oxidation sites excluding steroid dienone is 1. The molecule has 2 N–H and O–H groups in total. The summed E-state index contributed by atoms with van der Waals surface area (Å²) in [6.45, 7) is 6.74. The molecule has 0 heterocycles. The molecular formula is C9H17N. The summed E-state index contributed by atoms with van der Waals surface area (Å²) in [6.07, 6.45) is 4.57. The highest BCUT2D eigenvalue weighted by Crippen LogP contribution is 2.35. The predicted octanol–water partition coefficient (Wildman–Crippen LogP) is 2.08. The second-order valence-electron chi connectivity index (χ2n) is 3.94. The molecule has 0 bridgehead atoms. The molecule has 0 saturated heterocycles. The van der Waals surface area contributed by atoms with Crippen molar-refractivity contribution in [2.24, 2.45) is 11.1 Å². The standard InChI is InChI=1S/C9H17N/c1-7-6-8(10)4-5-9(7,2)3/h6,8H,4-5,10H2,1-3H3. The summed E-state index contributed by atoms with van der Waals surface area (Å²) in [6, 6.07) is 0.313. The normalized spacial score (nSPS) is 31.6. The molecule has 1 aliphatic carbocycles. The molecule has 0 aromatic rings. The van der Waals surface area contributed by atoms with Gasteiger partial charge in [-0.1, -0.05) is 25.5 Å². The van der Waals surface area contributed by atoms with E-state index < -0.39 is 0 Å². The Labute approximate surface area is 63.3 Å². The minimum absolute atomic E-state index is 0.313. The largest absolute Gasteiger partial charge is 0.324 e. The second kappa shape index (κ2) is 2.39. The van der Waals surface area contributed by atoms with Gasteiger partial charge in [0.25, 0.3) is 0 Å². The van der Waals surface area contributed by atoms with Gasteiger partial charge in [-0.3, -0.25) is 0 Å². The van der Waals surface area contributed by atoms with Crippen molar-refractivity contribution in [2.75, 3.05) is 0 Å². The van der Waals surface area contributed by atoms with Gasteiger partial charge in [-0.2, -0.15) is 0 Å². The Bertz CT molecular complexity index is 156. The van der Waals surface area contributed by atoms with Crippen LogP contribution in [0.25, 0.3) is 0 Å². The topological polar surface area (TPSA) is 26.0 Å². The van der Waals surface area contributed by atoms with Gasteiger partial charge in [0, 0.05) is 6.04 Å². The van der Waals surface area contributed by atoms with Crippen molar-refractivity contribution < 1.29 is 0 Å². The summed E-state index contributed by atoms with van der Waals surface area (Å²) in [5.74, 6) is 0. The van der Waals surface area contributed by atoms with Crippen LogP contribution in [0.1, 0.15) is 33.6 Å². The van der Waals surface area contributed by atoms with E-state index in [1.807, 2.05) is 0 Å². The molecule has 1 atom stereocenters. The molecule has 0 saturated carbocycles. The van der Waals surface area contributed by atoms with Crippen molar-refractivity contribution in [3.05, 3.63) is 11.6 Å². The van der Waals surface area contributed by atoms with Crippen molar-refractivity contribution in [1.29, 1.82) is 0 Å². The van der Waals surface area contributed by atoms with Crippen LogP contribution in [0, 0.1) is 5.41 Å². The van der Waals surface area contributed by atoms with Crippen molar-refractivity contribution in [2.45, 2.75) is 39.7 Å². The lowest BCUT2D eigenvalue weighted by molar-refractivity contribution is 0.361. The minimum atomic E-state index is 0.313. The Hall–Kier alpha value is -0.300. The van der Waals surface area contributed by atoms with E-state index in [0.29, 0.717) is 11.5 Å². The molecule has 10 heavy (non-hydrogen) atoms. The first-order valence-corrected chi connectivity index (χ1v) is 3.97. The highest BCUT2D eigenvalue weighted by molar-refractivity contribution is 5.15. The maximum atomic E-state index is 5.77. The molecule has 0 amide bonds. The fourth-order valence-electron chi connectivity index (χ4n) is 1.35. The Kier molecular flexibility index (Phi) is 1.86. The molecule has 58 valence electrons. The molecule has 0 spiro atoms. The highest BCUT2D eigenvalue weighted by atomic mass is 14.6.